The van der Waals surface area contributed by atoms with Crippen molar-refractivity contribution in [3.05, 3.63) is 69.2 Å². The van der Waals surface area contributed by atoms with Crippen LogP contribution in [0.15, 0.2) is 47.3 Å². The van der Waals surface area contributed by atoms with E-state index in [0.29, 0.717) is 46.8 Å². The number of rotatable bonds is 6. The maximum absolute atomic E-state index is 13.3. The Kier molecular flexibility index (Phi) is 6.04. The molecule has 160 valence electrons. The van der Waals surface area contributed by atoms with Gasteiger partial charge in [-0.2, -0.15) is 0 Å². The van der Waals surface area contributed by atoms with Gasteiger partial charge in [0.05, 0.1) is 17.4 Å². The normalized spacial score (nSPS) is 13.7. The highest BCUT2D eigenvalue weighted by molar-refractivity contribution is 6.31. The molecule has 0 saturated carbocycles. The summed E-state index contributed by atoms with van der Waals surface area (Å²) < 4.78 is 0. The number of fused-ring (bicyclic) bond motifs is 1. The van der Waals surface area contributed by atoms with Crippen molar-refractivity contribution in [1.82, 2.24) is 14.9 Å². The van der Waals surface area contributed by atoms with Gasteiger partial charge >= 0.3 is 0 Å². The molecule has 2 heterocycles. The molecule has 0 aliphatic carbocycles. The summed E-state index contributed by atoms with van der Waals surface area (Å²) in [6.45, 7) is 3.32. The Labute approximate surface area is 184 Å². The van der Waals surface area contributed by atoms with E-state index in [2.05, 4.69) is 9.97 Å². The number of aromatic amines is 1. The standard InChI is InChI=1S/C23H23ClN4O3/c1-2-10-27(14-20-25-19-13-16(24)8-9-18(19)22(30)26-20)23(31)15-5-3-6-17(12-15)28-11-4-7-21(28)29/h3,5-6,8-9,12-13H,2,4,7,10-11,14H2,1H3,(H,25,26,30). The molecule has 0 radical (unpaired) electrons. The van der Waals surface area contributed by atoms with Crippen LogP contribution in [0.4, 0.5) is 5.69 Å². The minimum atomic E-state index is -0.268. The quantitative estimate of drug-likeness (QED) is 0.634. The number of halogens is 1. The molecule has 31 heavy (non-hydrogen) atoms. The van der Waals surface area contributed by atoms with E-state index >= 15 is 0 Å². The monoisotopic (exact) mass is 438 g/mol. The highest BCUT2D eigenvalue weighted by Gasteiger charge is 2.23. The third-order valence-electron chi connectivity index (χ3n) is 5.32. The number of H-pyrrole nitrogens is 1. The molecule has 2 amide bonds. The van der Waals surface area contributed by atoms with E-state index in [-0.39, 0.29) is 23.9 Å². The van der Waals surface area contributed by atoms with Crippen LogP contribution in [0, 0.1) is 0 Å². The summed E-state index contributed by atoms with van der Waals surface area (Å²) in [4.78, 5) is 48.4. The molecule has 7 nitrogen and oxygen atoms in total. The van der Waals surface area contributed by atoms with Gasteiger partial charge in [0.25, 0.3) is 11.5 Å². The zero-order chi connectivity index (χ0) is 22.0. The number of carbonyl (C=O) groups excluding carboxylic acids is 2. The Hall–Kier alpha value is -3.19. The van der Waals surface area contributed by atoms with E-state index in [1.807, 2.05) is 13.0 Å². The van der Waals surface area contributed by atoms with Crippen LogP contribution in [-0.4, -0.2) is 39.8 Å². The molecule has 0 unspecified atom stereocenters. The van der Waals surface area contributed by atoms with Gasteiger partial charge in [-0.25, -0.2) is 4.98 Å². The fraction of sp³-hybridized carbons (Fsp3) is 0.304. The van der Waals surface area contributed by atoms with Crippen molar-refractivity contribution in [3.63, 3.8) is 0 Å². The summed E-state index contributed by atoms with van der Waals surface area (Å²) in [7, 11) is 0. The number of carbonyl (C=O) groups is 2. The van der Waals surface area contributed by atoms with Gasteiger partial charge in [0.15, 0.2) is 0 Å². The highest BCUT2D eigenvalue weighted by Crippen LogP contribution is 2.23. The molecule has 1 aliphatic heterocycles. The lowest BCUT2D eigenvalue weighted by atomic mass is 10.1. The average Bonchev–Trinajstić information content (AvgIpc) is 3.18. The average molecular weight is 439 g/mol. The highest BCUT2D eigenvalue weighted by atomic mass is 35.5. The van der Waals surface area contributed by atoms with Crippen LogP contribution < -0.4 is 10.5 Å². The van der Waals surface area contributed by atoms with E-state index in [1.165, 1.54) is 0 Å². The third kappa shape index (κ3) is 4.46. The van der Waals surface area contributed by atoms with Gasteiger partial charge in [0, 0.05) is 35.8 Å². The van der Waals surface area contributed by atoms with E-state index in [4.69, 9.17) is 11.6 Å². The molecule has 1 fully saturated rings. The summed E-state index contributed by atoms with van der Waals surface area (Å²) in [5.74, 6) is 0.295. The van der Waals surface area contributed by atoms with Crippen molar-refractivity contribution < 1.29 is 9.59 Å². The number of benzene rings is 2. The smallest absolute Gasteiger partial charge is 0.258 e. The summed E-state index contributed by atoms with van der Waals surface area (Å²) in [5, 5.41) is 0.941. The van der Waals surface area contributed by atoms with Gasteiger partial charge in [0.2, 0.25) is 5.91 Å². The SMILES string of the molecule is CCCN(Cc1nc2cc(Cl)ccc2c(=O)[nH]1)C(=O)c1cccc(N2CCCC2=O)c1. The molecule has 4 rings (SSSR count). The Bertz CT molecular complexity index is 1210. The molecule has 1 aromatic heterocycles. The molecule has 1 aliphatic rings. The first kappa shape index (κ1) is 21.1. The number of nitrogens with one attached hydrogen (secondary N) is 1. The van der Waals surface area contributed by atoms with Crippen LogP contribution in [0.5, 0.6) is 0 Å². The largest absolute Gasteiger partial charge is 0.331 e. The molecule has 8 heteroatoms. The van der Waals surface area contributed by atoms with E-state index in [1.54, 1.807) is 46.2 Å². The molecule has 0 bridgehead atoms. The summed E-state index contributed by atoms with van der Waals surface area (Å²) in [5.41, 5.74) is 1.45. The van der Waals surface area contributed by atoms with Gasteiger partial charge in [-0.3, -0.25) is 14.4 Å². The van der Waals surface area contributed by atoms with Crippen molar-refractivity contribution in [2.75, 3.05) is 18.0 Å². The third-order valence-corrected chi connectivity index (χ3v) is 5.55. The second kappa shape index (κ2) is 8.89. The maximum atomic E-state index is 13.3. The zero-order valence-corrected chi connectivity index (χ0v) is 18.0. The lowest BCUT2D eigenvalue weighted by molar-refractivity contribution is -0.117. The second-order valence-electron chi connectivity index (χ2n) is 7.60. The Morgan fingerprint density at radius 3 is 2.81 bits per heavy atom. The van der Waals surface area contributed by atoms with Crippen LogP contribution in [0.2, 0.25) is 5.02 Å². The summed E-state index contributed by atoms with van der Waals surface area (Å²) in [6, 6.07) is 12.0. The maximum Gasteiger partial charge on any atom is 0.258 e. The molecule has 1 N–H and O–H groups in total. The van der Waals surface area contributed by atoms with E-state index in [0.717, 1.165) is 18.5 Å². The molecule has 3 aromatic rings. The second-order valence-corrected chi connectivity index (χ2v) is 8.04. The van der Waals surface area contributed by atoms with Crippen molar-refractivity contribution in [2.45, 2.75) is 32.7 Å². The number of hydrogen-bond donors (Lipinski definition) is 1. The molecule has 1 saturated heterocycles. The minimum Gasteiger partial charge on any atom is -0.331 e. The minimum absolute atomic E-state index is 0.0756. The van der Waals surface area contributed by atoms with Crippen LogP contribution >= 0.6 is 11.6 Å². The predicted octanol–water partition coefficient (Wildman–Crippen LogP) is 3.76. The molecular formula is C23H23ClN4O3. The Balaban J connectivity index is 1.62. The first-order valence-electron chi connectivity index (χ1n) is 10.3. The lowest BCUT2D eigenvalue weighted by Crippen LogP contribution is -2.33. The van der Waals surface area contributed by atoms with Crippen LogP contribution in [0.25, 0.3) is 10.9 Å². The van der Waals surface area contributed by atoms with E-state index < -0.39 is 0 Å². The van der Waals surface area contributed by atoms with E-state index in [9.17, 15) is 14.4 Å². The first-order valence-corrected chi connectivity index (χ1v) is 10.7. The fourth-order valence-corrected chi connectivity index (χ4v) is 4.02. The molecule has 2 aromatic carbocycles. The van der Waals surface area contributed by atoms with Gasteiger partial charge in [0.1, 0.15) is 5.82 Å². The molecular weight excluding hydrogens is 416 g/mol. The van der Waals surface area contributed by atoms with Gasteiger partial charge in [-0.05, 0) is 49.2 Å². The first-order chi connectivity index (χ1) is 15.0. The van der Waals surface area contributed by atoms with Crippen molar-refractivity contribution in [1.29, 1.82) is 0 Å². The van der Waals surface area contributed by atoms with Crippen LogP contribution in [0.3, 0.4) is 0 Å². The van der Waals surface area contributed by atoms with Crippen molar-refractivity contribution >= 4 is 40.0 Å². The van der Waals surface area contributed by atoms with Crippen molar-refractivity contribution in [3.8, 4) is 0 Å². The Morgan fingerprint density at radius 1 is 1.23 bits per heavy atom. The fourth-order valence-electron chi connectivity index (χ4n) is 3.85. The molecule has 0 spiro atoms. The number of hydrogen-bond acceptors (Lipinski definition) is 4. The summed E-state index contributed by atoms with van der Waals surface area (Å²) in [6.07, 6.45) is 2.11. The zero-order valence-electron chi connectivity index (χ0n) is 17.2. The van der Waals surface area contributed by atoms with Gasteiger partial charge < -0.3 is 14.8 Å². The Morgan fingerprint density at radius 2 is 2.06 bits per heavy atom. The number of amides is 2. The van der Waals surface area contributed by atoms with Crippen LogP contribution in [0.1, 0.15) is 42.4 Å². The van der Waals surface area contributed by atoms with Crippen LogP contribution in [-0.2, 0) is 11.3 Å². The van der Waals surface area contributed by atoms with Gasteiger partial charge in [-0.15, -0.1) is 0 Å². The predicted molar refractivity (Wildman–Crippen MR) is 120 cm³/mol. The van der Waals surface area contributed by atoms with Crippen molar-refractivity contribution in [2.24, 2.45) is 0 Å². The molecule has 0 atom stereocenters. The number of anilines is 1. The number of nitrogens with zero attached hydrogens (tertiary/aromatic N) is 3. The summed E-state index contributed by atoms with van der Waals surface area (Å²) >= 11 is 6.04. The topological polar surface area (TPSA) is 86.4 Å². The lowest BCUT2D eigenvalue weighted by Gasteiger charge is -2.23. The van der Waals surface area contributed by atoms with Gasteiger partial charge in [-0.1, -0.05) is 24.6 Å². The number of aromatic nitrogens is 2.